The molecular weight excluding hydrogens is 250 g/mol. The highest BCUT2D eigenvalue weighted by Gasteiger charge is 2.30. The Labute approximate surface area is 103 Å². The quantitative estimate of drug-likeness (QED) is 0.603. The van der Waals surface area contributed by atoms with Crippen molar-refractivity contribution in [3.63, 3.8) is 0 Å². The Hall–Kier alpha value is -1.00. The van der Waals surface area contributed by atoms with Gasteiger partial charge in [-0.25, -0.2) is 8.78 Å². The third kappa shape index (κ3) is 2.48. The summed E-state index contributed by atoms with van der Waals surface area (Å²) in [6.07, 6.45) is 0.585. The van der Waals surface area contributed by atoms with Gasteiger partial charge < -0.3 is 4.74 Å². The van der Waals surface area contributed by atoms with E-state index in [9.17, 15) is 13.6 Å². The van der Waals surface area contributed by atoms with Crippen LogP contribution in [0.5, 0.6) is 0 Å². The number of Topliss-reactive ketones (excluding diaryl/α,β-unsaturated/α-hetero) is 1. The van der Waals surface area contributed by atoms with Crippen molar-refractivity contribution >= 4 is 17.4 Å². The van der Waals surface area contributed by atoms with Crippen LogP contribution in [0.2, 0.25) is 5.02 Å². The molecule has 1 aliphatic rings. The average molecular weight is 261 g/mol. The number of rotatable bonds is 2. The van der Waals surface area contributed by atoms with Gasteiger partial charge in [-0.1, -0.05) is 11.6 Å². The predicted octanol–water partition coefficient (Wildman–Crippen LogP) is 3.23. The second-order valence-electron chi connectivity index (χ2n) is 4.19. The van der Waals surface area contributed by atoms with Gasteiger partial charge in [0.2, 0.25) is 0 Å². The summed E-state index contributed by atoms with van der Waals surface area (Å²) in [6.45, 7) is 2.16. The number of hydrogen-bond donors (Lipinski definition) is 0. The molecule has 0 N–H and O–H groups in total. The molecule has 2 rings (SSSR count). The molecule has 0 bridgehead atoms. The average Bonchev–Trinajstić information content (AvgIpc) is 2.69. The van der Waals surface area contributed by atoms with Crippen LogP contribution in [0.25, 0.3) is 0 Å². The lowest BCUT2D eigenvalue weighted by Crippen LogP contribution is -2.16. The third-order valence-electron chi connectivity index (χ3n) is 2.84. The van der Waals surface area contributed by atoms with Gasteiger partial charge in [-0.2, -0.15) is 0 Å². The molecule has 0 aliphatic carbocycles. The van der Waals surface area contributed by atoms with Gasteiger partial charge in [0.1, 0.15) is 0 Å². The molecule has 17 heavy (non-hydrogen) atoms. The molecule has 0 spiro atoms. The van der Waals surface area contributed by atoms with E-state index in [1.807, 2.05) is 6.92 Å². The van der Waals surface area contributed by atoms with Gasteiger partial charge in [-0.15, -0.1) is 0 Å². The minimum Gasteiger partial charge on any atom is -0.378 e. The van der Waals surface area contributed by atoms with Crippen LogP contribution in [-0.2, 0) is 4.74 Å². The van der Waals surface area contributed by atoms with Crippen LogP contribution in [0, 0.1) is 17.6 Å². The largest absolute Gasteiger partial charge is 0.378 e. The molecule has 1 aromatic carbocycles. The maximum Gasteiger partial charge on any atom is 0.169 e. The van der Waals surface area contributed by atoms with Crippen molar-refractivity contribution in [1.29, 1.82) is 0 Å². The second-order valence-corrected chi connectivity index (χ2v) is 4.59. The van der Waals surface area contributed by atoms with Crippen LogP contribution in [0.3, 0.4) is 0 Å². The van der Waals surface area contributed by atoms with Crippen molar-refractivity contribution in [2.75, 3.05) is 6.61 Å². The number of ether oxygens (including phenoxy) is 1. The normalized spacial score (nSPS) is 24.0. The van der Waals surface area contributed by atoms with Crippen molar-refractivity contribution in [2.24, 2.45) is 5.92 Å². The van der Waals surface area contributed by atoms with Crippen LogP contribution in [0.15, 0.2) is 12.1 Å². The summed E-state index contributed by atoms with van der Waals surface area (Å²) in [5, 5.41) is -0.0616. The maximum absolute atomic E-state index is 13.1. The van der Waals surface area contributed by atoms with E-state index < -0.39 is 11.6 Å². The van der Waals surface area contributed by atoms with Crippen LogP contribution in [-0.4, -0.2) is 18.5 Å². The Balaban J connectivity index is 2.28. The van der Waals surface area contributed by atoms with E-state index in [1.165, 1.54) is 0 Å². The number of benzene rings is 1. The highest BCUT2D eigenvalue weighted by molar-refractivity contribution is 6.34. The zero-order chi connectivity index (χ0) is 12.6. The van der Waals surface area contributed by atoms with Gasteiger partial charge in [0.15, 0.2) is 17.4 Å². The summed E-state index contributed by atoms with van der Waals surface area (Å²) >= 11 is 5.74. The first-order valence-electron chi connectivity index (χ1n) is 5.29. The van der Waals surface area contributed by atoms with Gasteiger partial charge >= 0.3 is 0 Å². The zero-order valence-corrected chi connectivity index (χ0v) is 9.93. The monoisotopic (exact) mass is 260 g/mol. The molecule has 1 aromatic rings. The van der Waals surface area contributed by atoms with E-state index in [2.05, 4.69) is 0 Å². The second kappa shape index (κ2) is 4.70. The molecule has 92 valence electrons. The van der Waals surface area contributed by atoms with Gasteiger partial charge in [-0.05, 0) is 25.5 Å². The zero-order valence-electron chi connectivity index (χ0n) is 9.17. The summed E-state index contributed by atoms with van der Waals surface area (Å²) in [5.41, 5.74) is 0.0215. The number of halogens is 3. The van der Waals surface area contributed by atoms with Crippen molar-refractivity contribution in [3.8, 4) is 0 Å². The topological polar surface area (TPSA) is 26.3 Å². The smallest absolute Gasteiger partial charge is 0.169 e. The molecule has 0 amide bonds. The van der Waals surface area contributed by atoms with E-state index in [1.54, 1.807) is 0 Å². The fourth-order valence-electron chi connectivity index (χ4n) is 1.93. The van der Waals surface area contributed by atoms with Crippen LogP contribution >= 0.6 is 11.6 Å². The van der Waals surface area contributed by atoms with E-state index in [0.29, 0.717) is 13.0 Å². The fourth-order valence-corrected chi connectivity index (χ4v) is 2.17. The Morgan fingerprint density at radius 2 is 2.06 bits per heavy atom. The molecule has 0 saturated carbocycles. The molecule has 1 heterocycles. The summed E-state index contributed by atoms with van der Waals surface area (Å²) in [5.74, 6) is -2.74. The van der Waals surface area contributed by atoms with Gasteiger partial charge in [-0.3, -0.25) is 4.79 Å². The molecule has 0 aromatic heterocycles. The first-order valence-corrected chi connectivity index (χ1v) is 5.67. The Bertz CT molecular complexity index is 462. The highest BCUT2D eigenvalue weighted by Crippen LogP contribution is 2.27. The van der Waals surface area contributed by atoms with Crippen molar-refractivity contribution in [1.82, 2.24) is 0 Å². The fraction of sp³-hybridized carbons (Fsp3) is 0.417. The van der Waals surface area contributed by atoms with Gasteiger partial charge in [0.05, 0.1) is 17.7 Å². The molecule has 1 fully saturated rings. The van der Waals surface area contributed by atoms with Gasteiger partial charge in [0, 0.05) is 11.5 Å². The number of carbonyl (C=O) groups excluding carboxylic acids is 1. The van der Waals surface area contributed by atoms with E-state index in [0.717, 1.165) is 12.1 Å². The standard InChI is InChI=1S/C12H11ClF2O2/c1-6-2-7(5-17-6)12(16)8-3-10(14)11(15)4-9(8)13/h3-4,6-7H,2,5H2,1H3. The first-order chi connectivity index (χ1) is 7.99. The molecule has 1 saturated heterocycles. The van der Waals surface area contributed by atoms with Crippen LogP contribution in [0.4, 0.5) is 8.78 Å². The molecule has 5 heteroatoms. The number of ketones is 1. The molecule has 2 atom stereocenters. The minimum absolute atomic E-state index is 0.00743. The Kier molecular flexibility index (Phi) is 3.45. The lowest BCUT2D eigenvalue weighted by atomic mass is 9.95. The summed E-state index contributed by atoms with van der Waals surface area (Å²) in [4.78, 5) is 12.0. The SMILES string of the molecule is CC1CC(C(=O)c2cc(F)c(F)cc2Cl)CO1. The minimum atomic E-state index is -1.07. The number of carbonyl (C=O) groups is 1. The predicted molar refractivity (Wildman–Crippen MR) is 59.2 cm³/mol. The highest BCUT2D eigenvalue weighted by atomic mass is 35.5. The van der Waals surface area contributed by atoms with Crippen LogP contribution < -0.4 is 0 Å². The molecule has 2 unspecified atom stereocenters. The first kappa shape index (κ1) is 12.5. The van der Waals surface area contributed by atoms with Gasteiger partial charge in [0.25, 0.3) is 0 Å². The maximum atomic E-state index is 13.1. The summed E-state index contributed by atoms with van der Waals surface area (Å²) in [6, 6.07) is 1.67. The lowest BCUT2D eigenvalue weighted by Gasteiger charge is -2.08. The van der Waals surface area contributed by atoms with Crippen molar-refractivity contribution in [3.05, 3.63) is 34.4 Å². The van der Waals surface area contributed by atoms with E-state index in [-0.39, 0.29) is 28.4 Å². The molecular formula is C12H11ClF2O2. The molecule has 2 nitrogen and oxygen atoms in total. The van der Waals surface area contributed by atoms with Crippen LogP contribution in [0.1, 0.15) is 23.7 Å². The summed E-state index contributed by atoms with van der Waals surface area (Å²) in [7, 11) is 0. The van der Waals surface area contributed by atoms with E-state index >= 15 is 0 Å². The molecule has 0 radical (unpaired) electrons. The number of hydrogen-bond acceptors (Lipinski definition) is 2. The lowest BCUT2D eigenvalue weighted by molar-refractivity contribution is 0.0877. The third-order valence-corrected chi connectivity index (χ3v) is 3.16. The van der Waals surface area contributed by atoms with Crippen molar-refractivity contribution in [2.45, 2.75) is 19.4 Å². The van der Waals surface area contributed by atoms with Crippen molar-refractivity contribution < 1.29 is 18.3 Å². The summed E-state index contributed by atoms with van der Waals surface area (Å²) < 4.78 is 31.2. The Morgan fingerprint density at radius 3 is 2.65 bits per heavy atom. The van der Waals surface area contributed by atoms with E-state index in [4.69, 9.17) is 16.3 Å². The molecule has 1 aliphatic heterocycles. The Morgan fingerprint density at radius 1 is 1.41 bits per heavy atom.